The second-order valence-electron chi connectivity index (χ2n) is 3.48. The molecule has 0 saturated carbocycles. The van der Waals surface area contributed by atoms with Crippen molar-refractivity contribution in [1.29, 1.82) is 0 Å². The van der Waals surface area contributed by atoms with Crippen LogP contribution in [0.25, 0.3) is 0 Å². The number of nitro benzene ring substituents is 1. The molecular formula is C11H13NO5. The van der Waals surface area contributed by atoms with Crippen molar-refractivity contribution < 1.29 is 19.2 Å². The Balaban J connectivity index is 3.58. The second-order valence-corrected chi connectivity index (χ2v) is 3.48. The van der Waals surface area contributed by atoms with E-state index in [1.54, 1.807) is 13.8 Å². The molecule has 17 heavy (non-hydrogen) atoms. The summed E-state index contributed by atoms with van der Waals surface area (Å²) >= 11 is 0. The van der Waals surface area contributed by atoms with Gasteiger partial charge in [-0.15, -0.1) is 0 Å². The van der Waals surface area contributed by atoms with E-state index in [0.29, 0.717) is 16.9 Å². The smallest absolute Gasteiger partial charge is 0.341 e. The average Bonchev–Trinajstić information content (AvgIpc) is 2.30. The fraction of sp³-hybridized carbons (Fsp3) is 0.364. The molecule has 0 aliphatic carbocycles. The minimum atomic E-state index is -0.659. The van der Waals surface area contributed by atoms with Gasteiger partial charge in [-0.2, -0.15) is 0 Å². The Hall–Kier alpha value is -2.11. The topological polar surface area (TPSA) is 78.7 Å². The molecule has 0 fully saturated rings. The van der Waals surface area contributed by atoms with Crippen LogP contribution in [-0.4, -0.2) is 25.1 Å². The van der Waals surface area contributed by atoms with Crippen LogP contribution in [0.3, 0.4) is 0 Å². The van der Waals surface area contributed by atoms with Gasteiger partial charge < -0.3 is 9.47 Å². The monoisotopic (exact) mass is 239 g/mol. The largest absolute Gasteiger partial charge is 0.496 e. The maximum Gasteiger partial charge on any atom is 0.341 e. The van der Waals surface area contributed by atoms with E-state index in [9.17, 15) is 14.9 Å². The maximum absolute atomic E-state index is 11.5. The summed E-state index contributed by atoms with van der Waals surface area (Å²) in [6.45, 7) is 3.27. The lowest BCUT2D eigenvalue weighted by atomic mass is 10.0. The molecule has 6 nitrogen and oxygen atoms in total. The Kier molecular flexibility index (Phi) is 3.67. The quantitative estimate of drug-likeness (QED) is 0.458. The number of hydrogen-bond donors (Lipinski definition) is 0. The van der Waals surface area contributed by atoms with Gasteiger partial charge in [0, 0.05) is 17.2 Å². The van der Waals surface area contributed by atoms with Gasteiger partial charge in [-0.25, -0.2) is 4.79 Å². The molecule has 0 unspecified atom stereocenters. The summed E-state index contributed by atoms with van der Waals surface area (Å²) in [6.07, 6.45) is 0. The first-order valence-corrected chi connectivity index (χ1v) is 4.84. The molecule has 0 aromatic heterocycles. The van der Waals surface area contributed by atoms with Crippen LogP contribution in [0, 0.1) is 24.0 Å². The zero-order valence-corrected chi connectivity index (χ0v) is 10.1. The molecule has 0 saturated heterocycles. The van der Waals surface area contributed by atoms with Crippen LogP contribution >= 0.6 is 0 Å². The number of rotatable bonds is 3. The van der Waals surface area contributed by atoms with Crippen molar-refractivity contribution >= 4 is 11.7 Å². The summed E-state index contributed by atoms with van der Waals surface area (Å²) in [7, 11) is 2.61. The Labute approximate surface area is 98.3 Å². The molecular weight excluding hydrogens is 226 g/mol. The number of carbonyl (C=O) groups is 1. The van der Waals surface area contributed by atoms with E-state index in [1.807, 2.05) is 0 Å². The first-order valence-electron chi connectivity index (χ1n) is 4.84. The minimum absolute atomic E-state index is 0.0600. The van der Waals surface area contributed by atoms with Gasteiger partial charge in [-0.1, -0.05) is 0 Å². The summed E-state index contributed by atoms with van der Waals surface area (Å²) in [4.78, 5) is 21.8. The van der Waals surface area contributed by atoms with Crippen LogP contribution in [0.4, 0.5) is 5.69 Å². The van der Waals surface area contributed by atoms with E-state index < -0.39 is 10.9 Å². The summed E-state index contributed by atoms with van der Waals surface area (Å²) < 4.78 is 9.66. The molecule has 1 aromatic carbocycles. The number of esters is 1. The molecule has 0 amide bonds. The lowest BCUT2D eigenvalue weighted by molar-refractivity contribution is -0.385. The number of carbonyl (C=O) groups excluding carboxylic acids is 1. The van der Waals surface area contributed by atoms with Crippen LogP contribution in [0.15, 0.2) is 6.07 Å². The first kappa shape index (κ1) is 13.0. The van der Waals surface area contributed by atoms with E-state index in [-0.39, 0.29) is 11.3 Å². The number of methoxy groups -OCH3 is 2. The number of nitro groups is 1. The maximum atomic E-state index is 11.5. The van der Waals surface area contributed by atoms with Gasteiger partial charge in [0.05, 0.1) is 19.1 Å². The van der Waals surface area contributed by atoms with Gasteiger partial charge in [0.15, 0.2) is 0 Å². The van der Waals surface area contributed by atoms with Crippen molar-refractivity contribution in [3.63, 3.8) is 0 Å². The Morgan fingerprint density at radius 2 is 1.88 bits per heavy atom. The molecule has 0 radical (unpaired) electrons. The standard InChI is InChI=1S/C11H13NO5/c1-6-7(2)10(16-3)8(11(13)17-4)5-9(6)12(14)15/h5H,1-4H3. The summed E-state index contributed by atoms with van der Waals surface area (Å²) in [6, 6.07) is 1.17. The normalized spacial score (nSPS) is 9.88. The van der Waals surface area contributed by atoms with Gasteiger partial charge >= 0.3 is 5.97 Å². The number of benzene rings is 1. The summed E-state index contributed by atoms with van der Waals surface area (Å²) in [5.74, 6) is -0.354. The fourth-order valence-electron chi connectivity index (χ4n) is 1.59. The van der Waals surface area contributed by atoms with E-state index in [2.05, 4.69) is 4.74 Å². The molecule has 0 heterocycles. The molecule has 6 heteroatoms. The first-order chi connectivity index (χ1) is 7.93. The predicted octanol–water partition coefficient (Wildman–Crippen LogP) is 2.01. The van der Waals surface area contributed by atoms with Crippen LogP contribution in [0.2, 0.25) is 0 Å². The van der Waals surface area contributed by atoms with Crippen molar-refractivity contribution in [3.8, 4) is 5.75 Å². The predicted molar refractivity (Wildman–Crippen MR) is 60.5 cm³/mol. The van der Waals surface area contributed by atoms with Crippen molar-refractivity contribution in [2.45, 2.75) is 13.8 Å². The number of nitrogens with zero attached hydrogens (tertiary/aromatic N) is 1. The fourth-order valence-corrected chi connectivity index (χ4v) is 1.59. The van der Waals surface area contributed by atoms with Crippen LogP contribution in [-0.2, 0) is 4.74 Å². The zero-order chi connectivity index (χ0) is 13.2. The summed E-state index contributed by atoms with van der Waals surface area (Å²) in [5.41, 5.74) is 0.968. The molecule has 0 aliphatic rings. The Morgan fingerprint density at radius 1 is 1.29 bits per heavy atom. The third-order valence-corrected chi connectivity index (χ3v) is 2.62. The molecule has 0 atom stereocenters. The molecule has 0 N–H and O–H groups in total. The molecule has 0 aliphatic heterocycles. The molecule has 1 aromatic rings. The van der Waals surface area contributed by atoms with Crippen molar-refractivity contribution in [1.82, 2.24) is 0 Å². The second kappa shape index (κ2) is 4.82. The van der Waals surface area contributed by atoms with Crippen LogP contribution in [0.1, 0.15) is 21.5 Å². The zero-order valence-electron chi connectivity index (χ0n) is 10.1. The van der Waals surface area contributed by atoms with Crippen molar-refractivity contribution in [3.05, 3.63) is 32.9 Å². The lowest BCUT2D eigenvalue weighted by Crippen LogP contribution is -2.08. The van der Waals surface area contributed by atoms with E-state index in [1.165, 1.54) is 20.3 Å². The van der Waals surface area contributed by atoms with E-state index >= 15 is 0 Å². The van der Waals surface area contributed by atoms with Crippen LogP contribution < -0.4 is 4.74 Å². The highest BCUT2D eigenvalue weighted by atomic mass is 16.6. The number of ether oxygens (including phenoxy) is 2. The minimum Gasteiger partial charge on any atom is -0.496 e. The van der Waals surface area contributed by atoms with Crippen molar-refractivity contribution in [2.24, 2.45) is 0 Å². The summed E-state index contributed by atoms with van der Waals surface area (Å²) in [5, 5.41) is 10.8. The van der Waals surface area contributed by atoms with Gasteiger partial charge in [-0.05, 0) is 13.8 Å². The SMILES string of the molecule is COC(=O)c1cc([N+](=O)[O-])c(C)c(C)c1OC. The van der Waals surface area contributed by atoms with Gasteiger partial charge in [0.25, 0.3) is 5.69 Å². The van der Waals surface area contributed by atoms with E-state index in [4.69, 9.17) is 4.74 Å². The third-order valence-electron chi connectivity index (χ3n) is 2.62. The average molecular weight is 239 g/mol. The van der Waals surface area contributed by atoms with Gasteiger partial charge in [0.1, 0.15) is 11.3 Å². The highest BCUT2D eigenvalue weighted by Gasteiger charge is 2.24. The molecule has 0 spiro atoms. The molecule has 1 rings (SSSR count). The Morgan fingerprint density at radius 3 is 2.29 bits per heavy atom. The molecule has 92 valence electrons. The van der Waals surface area contributed by atoms with Gasteiger partial charge in [-0.3, -0.25) is 10.1 Å². The third kappa shape index (κ3) is 2.20. The molecule has 0 bridgehead atoms. The van der Waals surface area contributed by atoms with Crippen molar-refractivity contribution in [2.75, 3.05) is 14.2 Å². The Bertz CT molecular complexity index is 481. The van der Waals surface area contributed by atoms with Crippen LogP contribution in [0.5, 0.6) is 5.75 Å². The van der Waals surface area contributed by atoms with Gasteiger partial charge in [0.2, 0.25) is 0 Å². The highest BCUT2D eigenvalue weighted by Crippen LogP contribution is 2.33. The highest BCUT2D eigenvalue weighted by molar-refractivity contribution is 5.94. The number of hydrogen-bond acceptors (Lipinski definition) is 5. The van der Waals surface area contributed by atoms with E-state index in [0.717, 1.165) is 0 Å². The lowest BCUT2D eigenvalue weighted by Gasteiger charge is -2.12.